The van der Waals surface area contributed by atoms with Gasteiger partial charge in [0.25, 0.3) is 0 Å². The van der Waals surface area contributed by atoms with E-state index in [1.165, 1.54) is 18.5 Å². The van der Waals surface area contributed by atoms with E-state index in [2.05, 4.69) is 25.4 Å². The highest BCUT2D eigenvalue weighted by atomic mass is 19.1. The molecule has 0 spiro atoms. The van der Waals surface area contributed by atoms with E-state index >= 15 is 0 Å². The van der Waals surface area contributed by atoms with E-state index in [4.69, 9.17) is 19.2 Å². The van der Waals surface area contributed by atoms with Crippen molar-refractivity contribution in [2.24, 2.45) is 10.9 Å². The summed E-state index contributed by atoms with van der Waals surface area (Å²) in [7, 11) is 0. The fourth-order valence-corrected chi connectivity index (χ4v) is 4.37. The molecule has 0 aliphatic carbocycles. The van der Waals surface area contributed by atoms with E-state index in [9.17, 15) is 14.0 Å². The number of nitrogens with zero attached hydrogens (tertiary/aromatic N) is 4. The van der Waals surface area contributed by atoms with Crippen molar-refractivity contribution < 1.29 is 28.2 Å². The van der Waals surface area contributed by atoms with Gasteiger partial charge >= 0.3 is 11.9 Å². The molecule has 0 saturated carbocycles. The summed E-state index contributed by atoms with van der Waals surface area (Å²) in [6.07, 6.45) is 1.06. The second-order valence-electron chi connectivity index (χ2n) is 9.47. The van der Waals surface area contributed by atoms with E-state index in [1.807, 2.05) is 0 Å². The van der Waals surface area contributed by atoms with Crippen LogP contribution in [0, 0.1) is 18.7 Å². The van der Waals surface area contributed by atoms with Crippen molar-refractivity contribution in [3.8, 4) is 0 Å². The summed E-state index contributed by atoms with van der Waals surface area (Å²) >= 11 is 0. The number of amidine groups is 1. The standard InChI is InChI=1S/C26H33FN6O5/c1-5-36-26(35)21-20(12-33-8-9-37-18(11-33)13-38-25(34)15(2)3)30-24(23-28-14-29-32-23)31-22(21)19-7-6-17(27)10-16(19)4/h6-7,10,14-15,18,22H,5,8-9,11-13H2,1-4H3,(H,30,31)(H,28,29,32). The van der Waals surface area contributed by atoms with Crippen LogP contribution in [0.15, 0.2) is 40.8 Å². The first-order chi connectivity index (χ1) is 18.3. The van der Waals surface area contributed by atoms with Gasteiger partial charge in [0, 0.05) is 25.3 Å². The number of esters is 2. The monoisotopic (exact) mass is 528 g/mol. The summed E-state index contributed by atoms with van der Waals surface area (Å²) in [4.78, 5) is 36.3. The molecule has 2 unspecified atom stereocenters. The Hall–Kier alpha value is -3.64. The number of carbonyl (C=O) groups is 2. The molecule has 1 fully saturated rings. The number of rotatable bonds is 9. The van der Waals surface area contributed by atoms with Crippen LogP contribution in [0.25, 0.3) is 0 Å². The van der Waals surface area contributed by atoms with Gasteiger partial charge in [-0.2, -0.15) is 5.10 Å². The summed E-state index contributed by atoms with van der Waals surface area (Å²) in [5.41, 5.74) is 2.24. The molecular formula is C26H33FN6O5. The third kappa shape index (κ3) is 6.43. The number of benzene rings is 1. The zero-order valence-electron chi connectivity index (χ0n) is 22.0. The normalized spacial score (nSPS) is 20.2. The molecule has 12 heteroatoms. The lowest BCUT2D eigenvalue weighted by Gasteiger charge is -2.35. The van der Waals surface area contributed by atoms with Gasteiger partial charge < -0.3 is 19.5 Å². The Morgan fingerprint density at radius 3 is 2.79 bits per heavy atom. The third-order valence-electron chi connectivity index (χ3n) is 6.27. The zero-order chi connectivity index (χ0) is 27.2. The number of H-pyrrole nitrogens is 1. The summed E-state index contributed by atoms with van der Waals surface area (Å²) in [6.45, 7) is 9.27. The maximum absolute atomic E-state index is 13.9. The summed E-state index contributed by atoms with van der Waals surface area (Å²) in [5, 5.41) is 9.98. The van der Waals surface area contributed by atoms with Gasteiger partial charge in [0.05, 0.1) is 24.7 Å². The summed E-state index contributed by atoms with van der Waals surface area (Å²) in [6, 6.07) is 3.64. The molecule has 2 N–H and O–H groups in total. The van der Waals surface area contributed by atoms with Crippen molar-refractivity contribution >= 4 is 17.8 Å². The van der Waals surface area contributed by atoms with Gasteiger partial charge in [0.1, 0.15) is 30.9 Å². The molecule has 2 aromatic rings. The SMILES string of the molecule is CCOC(=O)C1=C(CN2CCOC(COC(=O)C(C)C)C2)NC(c2ncn[nH]2)=NC1c1ccc(F)cc1C. The van der Waals surface area contributed by atoms with Gasteiger partial charge in [0.2, 0.25) is 0 Å². The Balaban J connectivity index is 1.67. The van der Waals surface area contributed by atoms with Crippen LogP contribution in [-0.2, 0) is 23.8 Å². The van der Waals surface area contributed by atoms with Crippen molar-refractivity contribution in [3.05, 3.63) is 58.6 Å². The van der Waals surface area contributed by atoms with E-state index in [0.717, 1.165) is 0 Å². The van der Waals surface area contributed by atoms with Gasteiger partial charge in [-0.15, -0.1) is 0 Å². The van der Waals surface area contributed by atoms with Crippen molar-refractivity contribution in [1.29, 1.82) is 0 Å². The van der Waals surface area contributed by atoms with E-state index < -0.39 is 12.0 Å². The highest BCUT2D eigenvalue weighted by Crippen LogP contribution is 2.34. The van der Waals surface area contributed by atoms with Gasteiger partial charge in [-0.3, -0.25) is 19.8 Å². The lowest BCUT2D eigenvalue weighted by molar-refractivity contribution is -0.154. The highest BCUT2D eigenvalue weighted by molar-refractivity contribution is 6.01. The quantitative estimate of drug-likeness (QED) is 0.470. The van der Waals surface area contributed by atoms with Gasteiger partial charge in [-0.25, -0.2) is 14.2 Å². The number of aryl methyl sites for hydroxylation is 1. The Kier molecular flexibility index (Phi) is 8.85. The van der Waals surface area contributed by atoms with E-state index in [-0.39, 0.29) is 37.0 Å². The zero-order valence-corrected chi connectivity index (χ0v) is 22.0. The minimum atomic E-state index is -0.755. The molecule has 1 aromatic carbocycles. The number of aliphatic imine (C=N–C) groups is 1. The van der Waals surface area contributed by atoms with Crippen LogP contribution in [0.4, 0.5) is 4.39 Å². The fourth-order valence-electron chi connectivity index (χ4n) is 4.37. The predicted molar refractivity (Wildman–Crippen MR) is 136 cm³/mol. The Morgan fingerprint density at radius 1 is 1.29 bits per heavy atom. The van der Waals surface area contributed by atoms with Gasteiger partial charge in [-0.05, 0) is 37.1 Å². The molecule has 2 atom stereocenters. The second-order valence-corrected chi connectivity index (χ2v) is 9.47. The maximum Gasteiger partial charge on any atom is 0.338 e. The molecule has 11 nitrogen and oxygen atoms in total. The molecule has 204 valence electrons. The summed E-state index contributed by atoms with van der Waals surface area (Å²) in [5.74, 6) is -0.596. The number of nitrogens with one attached hydrogen (secondary N) is 2. The van der Waals surface area contributed by atoms with Crippen molar-refractivity contribution in [1.82, 2.24) is 25.4 Å². The number of hydrogen-bond acceptors (Lipinski definition) is 10. The number of hydrogen-bond donors (Lipinski definition) is 2. The first-order valence-corrected chi connectivity index (χ1v) is 12.6. The van der Waals surface area contributed by atoms with E-state index in [1.54, 1.807) is 33.8 Å². The Bertz CT molecular complexity index is 1210. The summed E-state index contributed by atoms with van der Waals surface area (Å²) < 4.78 is 30.6. The fraction of sp³-hybridized carbons (Fsp3) is 0.500. The Labute approximate surface area is 220 Å². The molecule has 0 amide bonds. The minimum Gasteiger partial charge on any atom is -0.463 e. The lowest BCUT2D eigenvalue weighted by Crippen LogP contribution is -2.48. The largest absolute Gasteiger partial charge is 0.463 e. The second kappa shape index (κ2) is 12.3. The first-order valence-electron chi connectivity index (χ1n) is 12.6. The van der Waals surface area contributed by atoms with Crippen LogP contribution in [-0.4, -0.2) is 83.4 Å². The number of halogens is 1. The molecule has 1 saturated heterocycles. The average Bonchev–Trinajstić information content (AvgIpc) is 3.42. The predicted octanol–water partition coefficient (Wildman–Crippen LogP) is 2.06. The molecule has 2 aliphatic heterocycles. The van der Waals surface area contributed by atoms with Crippen LogP contribution >= 0.6 is 0 Å². The van der Waals surface area contributed by atoms with Crippen molar-refractivity contribution in [2.75, 3.05) is 39.5 Å². The molecule has 0 radical (unpaired) electrons. The van der Waals surface area contributed by atoms with Crippen LogP contribution in [0.5, 0.6) is 0 Å². The average molecular weight is 529 g/mol. The molecular weight excluding hydrogens is 495 g/mol. The molecule has 2 aliphatic rings. The lowest BCUT2D eigenvalue weighted by atomic mass is 9.92. The van der Waals surface area contributed by atoms with Gasteiger partial charge in [-0.1, -0.05) is 19.9 Å². The topological polar surface area (TPSA) is 131 Å². The minimum absolute atomic E-state index is 0.146. The maximum atomic E-state index is 13.9. The molecule has 4 rings (SSSR count). The van der Waals surface area contributed by atoms with E-state index in [0.29, 0.717) is 60.3 Å². The molecule has 3 heterocycles. The first kappa shape index (κ1) is 27.4. The number of carbonyl (C=O) groups excluding carboxylic acids is 2. The molecule has 38 heavy (non-hydrogen) atoms. The van der Waals surface area contributed by atoms with Crippen LogP contribution in [0.1, 0.15) is 43.8 Å². The molecule has 0 bridgehead atoms. The van der Waals surface area contributed by atoms with Crippen molar-refractivity contribution in [3.63, 3.8) is 0 Å². The van der Waals surface area contributed by atoms with Crippen LogP contribution in [0.2, 0.25) is 0 Å². The molecule has 1 aromatic heterocycles. The highest BCUT2D eigenvalue weighted by Gasteiger charge is 2.35. The van der Waals surface area contributed by atoms with Crippen LogP contribution < -0.4 is 5.32 Å². The van der Waals surface area contributed by atoms with Crippen LogP contribution in [0.3, 0.4) is 0 Å². The third-order valence-corrected chi connectivity index (χ3v) is 6.27. The van der Waals surface area contributed by atoms with Gasteiger partial charge in [0.15, 0.2) is 11.7 Å². The smallest absolute Gasteiger partial charge is 0.338 e. The Morgan fingerprint density at radius 2 is 2.11 bits per heavy atom. The number of aromatic amines is 1. The van der Waals surface area contributed by atoms with Crippen molar-refractivity contribution in [2.45, 2.75) is 39.8 Å². The number of morpholine rings is 1. The number of ether oxygens (including phenoxy) is 3. The number of aromatic nitrogens is 3.